The Morgan fingerprint density at radius 2 is 2.35 bits per heavy atom. The van der Waals surface area contributed by atoms with Crippen molar-refractivity contribution in [3.8, 4) is 0 Å². The lowest BCUT2D eigenvalue weighted by atomic mass is 9.85. The summed E-state index contributed by atoms with van der Waals surface area (Å²) in [6, 6.07) is 0. The maximum absolute atomic E-state index is 11.6. The van der Waals surface area contributed by atoms with Crippen molar-refractivity contribution in [1.82, 2.24) is 19.7 Å². The van der Waals surface area contributed by atoms with Gasteiger partial charge < -0.3 is 16.0 Å². The number of carbonyl (C=O) groups excluding carboxylic acids is 1. The van der Waals surface area contributed by atoms with E-state index in [0.29, 0.717) is 0 Å². The molecule has 0 radical (unpaired) electrons. The summed E-state index contributed by atoms with van der Waals surface area (Å²) < 4.78 is 2.09. The minimum atomic E-state index is -0.796. The van der Waals surface area contributed by atoms with Crippen LogP contribution in [0.1, 0.15) is 31.5 Å². The van der Waals surface area contributed by atoms with Crippen LogP contribution in [0, 0.1) is 5.92 Å². The van der Waals surface area contributed by atoms with Gasteiger partial charge in [0.2, 0.25) is 5.91 Å². The Balaban J connectivity index is 1.57. The first-order valence-corrected chi connectivity index (χ1v) is 7.27. The number of amides is 1. The largest absolute Gasteiger partial charge is 0.368 e. The molecule has 0 bridgehead atoms. The third-order valence-corrected chi connectivity index (χ3v) is 4.84. The number of fused-ring (bicyclic) bond motifs is 1. The molecule has 3 rings (SSSR count). The molecular weight excluding hydrogens is 256 g/mol. The molecule has 2 aliphatic rings. The van der Waals surface area contributed by atoms with Gasteiger partial charge in [-0.05, 0) is 31.7 Å². The molecule has 1 saturated carbocycles. The van der Waals surface area contributed by atoms with Crippen LogP contribution in [0.3, 0.4) is 0 Å². The van der Waals surface area contributed by atoms with Crippen molar-refractivity contribution < 1.29 is 4.79 Å². The molecule has 1 aliphatic heterocycles. The first-order chi connectivity index (χ1) is 9.59. The summed E-state index contributed by atoms with van der Waals surface area (Å²) in [6.07, 6.45) is 5.43. The molecule has 1 aromatic heterocycles. The van der Waals surface area contributed by atoms with Crippen molar-refractivity contribution in [1.29, 1.82) is 0 Å². The van der Waals surface area contributed by atoms with Crippen LogP contribution >= 0.6 is 0 Å². The van der Waals surface area contributed by atoms with E-state index < -0.39 is 5.54 Å². The molecule has 0 spiro atoms. The van der Waals surface area contributed by atoms with Crippen molar-refractivity contribution in [3.63, 3.8) is 0 Å². The highest BCUT2D eigenvalue weighted by atomic mass is 16.1. The number of aromatic nitrogens is 3. The van der Waals surface area contributed by atoms with Crippen molar-refractivity contribution >= 4 is 5.91 Å². The molecule has 2 atom stereocenters. The predicted molar refractivity (Wildman–Crippen MR) is 73.4 cm³/mol. The molecular formula is C13H22N6O. The monoisotopic (exact) mass is 278 g/mol. The van der Waals surface area contributed by atoms with E-state index in [4.69, 9.17) is 11.5 Å². The minimum Gasteiger partial charge on any atom is -0.368 e. The van der Waals surface area contributed by atoms with Crippen LogP contribution in [-0.2, 0) is 17.9 Å². The summed E-state index contributed by atoms with van der Waals surface area (Å²) in [4.78, 5) is 13.9. The zero-order valence-corrected chi connectivity index (χ0v) is 11.7. The standard InChI is InChI=1S/C13H22N6O/c14-12(20)13(15)4-1-2-10(13)3-5-18-6-7-19-9-16-17-11(19)8-18/h9-10H,1-8,15H2,(H2,14,20). The molecule has 1 amide bonds. The smallest absolute Gasteiger partial charge is 0.237 e. The average molecular weight is 278 g/mol. The van der Waals surface area contributed by atoms with Crippen LogP contribution in [0.15, 0.2) is 6.33 Å². The number of nitrogens with two attached hydrogens (primary N) is 2. The Bertz CT molecular complexity index is 501. The third kappa shape index (κ3) is 2.31. The van der Waals surface area contributed by atoms with Crippen molar-refractivity contribution in [2.24, 2.45) is 17.4 Å². The van der Waals surface area contributed by atoms with E-state index >= 15 is 0 Å². The topological polar surface area (TPSA) is 103 Å². The Hall–Kier alpha value is -1.47. The zero-order valence-electron chi connectivity index (χ0n) is 11.7. The Morgan fingerprint density at radius 3 is 3.15 bits per heavy atom. The van der Waals surface area contributed by atoms with Gasteiger partial charge in [-0.2, -0.15) is 0 Å². The number of rotatable bonds is 4. The Morgan fingerprint density at radius 1 is 1.50 bits per heavy atom. The molecule has 110 valence electrons. The normalized spacial score (nSPS) is 30.4. The van der Waals surface area contributed by atoms with E-state index in [1.807, 2.05) is 0 Å². The summed E-state index contributed by atoms with van der Waals surface area (Å²) in [5.41, 5.74) is 10.9. The quantitative estimate of drug-likeness (QED) is 0.770. The summed E-state index contributed by atoms with van der Waals surface area (Å²) >= 11 is 0. The SMILES string of the molecule is NC(=O)C1(N)CCCC1CCN1CCn2cnnc2C1. The first-order valence-electron chi connectivity index (χ1n) is 7.27. The fourth-order valence-corrected chi connectivity index (χ4v) is 3.47. The molecule has 0 aromatic carbocycles. The molecule has 1 fully saturated rings. The highest BCUT2D eigenvalue weighted by Crippen LogP contribution is 2.36. The molecule has 4 N–H and O–H groups in total. The number of hydrogen-bond donors (Lipinski definition) is 2. The van der Waals surface area contributed by atoms with Gasteiger partial charge in [0, 0.05) is 13.1 Å². The highest BCUT2D eigenvalue weighted by molar-refractivity contribution is 5.85. The van der Waals surface area contributed by atoms with Gasteiger partial charge in [0.25, 0.3) is 0 Å². The van der Waals surface area contributed by atoms with Crippen LogP contribution in [0.2, 0.25) is 0 Å². The lowest BCUT2D eigenvalue weighted by Crippen LogP contribution is -2.55. The summed E-state index contributed by atoms with van der Waals surface area (Å²) in [6.45, 7) is 3.67. The van der Waals surface area contributed by atoms with Gasteiger partial charge in [0.15, 0.2) is 0 Å². The Labute approximate surface area is 118 Å². The summed E-state index contributed by atoms with van der Waals surface area (Å²) in [7, 11) is 0. The van der Waals surface area contributed by atoms with Gasteiger partial charge in [-0.3, -0.25) is 9.69 Å². The molecule has 7 heteroatoms. The Kier molecular flexibility index (Phi) is 3.47. The van der Waals surface area contributed by atoms with Crippen molar-refractivity contribution in [2.45, 2.75) is 44.3 Å². The third-order valence-electron chi connectivity index (χ3n) is 4.84. The second kappa shape index (κ2) is 5.14. The van der Waals surface area contributed by atoms with E-state index in [1.54, 1.807) is 6.33 Å². The fourth-order valence-electron chi connectivity index (χ4n) is 3.47. The highest BCUT2D eigenvalue weighted by Gasteiger charge is 2.44. The predicted octanol–water partition coefficient (Wildman–Crippen LogP) is -0.533. The van der Waals surface area contributed by atoms with Crippen molar-refractivity contribution in [2.75, 3.05) is 13.1 Å². The van der Waals surface area contributed by atoms with Crippen LogP contribution in [-0.4, -0.2) is 44.2 Å². The molecule has 1 aromatic rings. The minimum absolute atomic E-state index is 0.208. The number of nitrogens with zero attached hydrogens (tertiary/aromatic N) is 4. The number of hydrogen-bond acceptors (Lipinski definition) is 5. The van der Waals surface area contributed by atoms with E-state index in [0.717, 1.165) is 57.7 Å². The van der Waals surface area contributed by atoms with E-state index in [9.17, 15) is 4.79 Å². The average Bonchev–Trinajstić information content (AvgIpc) is 3.03. The maximum atomic E-state index is 11.6. The fraction of sp³-hybridized carbons (Fsp3) is 0.769. The lowest BCUT2D eigenvalue weighted by molar-refractivity contribution is -0.124. The zero-order chi connectivity index (χ0) is 14.2. The van der Waals surface area contributed by atoms with Gasteiger partial charge in [-0.15, -0.1) is 10.2 Å². The van der Waals surface area contributed by atoms with Crippen molar-refractivity contribution in [3.05, 3.63) is 12.2 Å². The van der Waals surface area contributed by atoms with E-state index in [1.165, 1.54) is 0 Å². The summed E-state index contributed by atoms with van der Waals surface area (Å²) in [5.74, 6) is 0.870. The molecule has 7 nitrogen and oxygen atoms in total. The van der Waals surface area contributed by atoms with Crippen LogP contribution in [0.25, 0.3) is 0 Å². The van der Waals surface area contributed by atoms with Gasteiger partial charge in [-0.25, -0.2) is 0 Å². The summed E-state index contributed by atoms with van der Waals surface area (Å²) in [5, 5.41) is 8.04. The number of primary amides is 1. The molecule has 20 heavy (non-hydrogen) atoms. The lowest BCUT2D eigenvalue weighted by Gasteiger charge is -2.32. The second-order valence-electron chi connectivity index (χ2n) is 6.00. The van der Waals surface area contributed by atoms with Crippen LogP contribution in [0.4, 0.5) is 0 Å². The van der Waals surface area contributed by atoms with Gasteiger partial charge >= 0.3 is 0 Å². The van der Waals surface area contributed by atoms with E-state index in [-0.39, 0.29) is 11.8 Å². The van der Waals surface area contributed by atoms with Gasteiger partial charge in [0.1, 0.15) is 12.2 Å². The second-order valence-corrected chi connectivity index (χ2v) is 6.00. The van der Waals surface area contributed by atoms with Gasteiger partial charge in [-0.1, -0.05) is 6.42 Å². The first kappa shape index (κ1) is 13.5. The molecule has 2 heterocycles. The maximum Gasteiger partial charge on any atom is 0.237 e. The molecule has 0 saturated heterocycles. The number of carbonyl (C=O) groups is 1. The van der Waals surface area contributed by atoms with Crippen LogP contribution < -0.4 is 11.5 Å². The molecule has 2 unspecified atom stereocenters. The van der Waals surface area contributed by atoms with Crippen LogP contribution in [0.5, 0.6) is 0 Å². The molecule has 1 aliphatic carbocycles. The van der Waals surface area contributed by atoms with Gasteiger partial charge in [0.05, 0.1) is 12.1 Å². The van der Waals surface area contributed by atoms with E-state index in [2.05, 4.69) is 19.7 Å².